The first-order valence-corrected chi connectivity index (χ1v) is 4.58. The van der Waals surface area contributed by atoms with Gasteiger partial charge in [0.05, 0.1) is 12.0 Å². The Balaban J connectivity index is 2.35. The maximum Gasteiger partial charge on any atom is 0.306 e. The SMILES string of the molecule is CCCC1CC(C(=O)O)CCO1. The van der Waals surface area contributed by atoms with Gasteiger partial charge in [-0.25, -0.2) is 0 Å². The molecule has 1 aliphatic heterocycles. The van der Waals surface area contributed by atoms with E-state index in [1.165, 1.54) is 0 Å². The Morgan fingerprint density at radius 3 is 3.00 bits per heavy atom. The van der Waals surface area contributed by atoms with Crippen LogP contribution in [0.3, 0.4) is 0 Å². The number of aliphatic carboxylic acids is 1. The molecule has 0 spiro atoms. The lowest BCUT2D eigenvalue weighted by Crippen LogP contribution is -2.29. The first kappa shape index (κ1) is 9.52. The average molecular weight is 172 g/mol. The minimum absolute atomic E-state index is 0.171. The van der Waals surface area contributed by atoms with E-state index in [0.717, 1.165) is 12.8 Å². The van der Waals surface area contributed by atoms with Gasteiger partial charge in [-0.3, -0.25) is 4.79 Å². The first-order chi connectivity index (χ1) is 5.74. The summed E-state index contributed by atoms with van der Waals surface area (Å²) in [6, 6.07) is 0. The van der Waals surface area contributed by atoms with Crippen LogP contribution in [0.15, 0.2) is 0 Å². The molecule has 2 unspecified atom stereocenters. The molecule has 1 N–H and O–H groups in total. The summed E-state index contributed by atoms with van der Waals surface area (Å²) in [6.07, 6.45) is 3.62. The molecule has 0 aromatic carbocycles. The first-order valence-electron chi connectivity index (χ1n) is 4.58. The molecule has 1 saturated heterocycles. The second kappa shape index (κ2) is 4.45. The molecule has 1 heterocycles. The third kappa shape index (κ3) is 2.48. The summed E-state index contributed by atoms with van der Waals surface area (Å²) in [6.45, 7) is 2.70. The molecule has 0 saturated carbocycles. The number of carboxylic acid groups (broad SMARTS) is 1. The highest BCUT2D eigenvalue weighted by Crippen LogP contribution is 2.22. The topological polar surface area (TPSA) is 46.5 Å². The second-order valence-corrected chi connectivity index (χ2v) is 3.34. The van der Waals surface area contributed by atoms with Crippen molar-refractivity contribution in [3.05, 3.63) is 0 Å². The van der Waals surface area contributed by atoms with Crippen LogP contribution in [0.2, 0.25) is 0 Å². The van der Waals surface area contributed by atoms with Gasteiger partial charge in [-0.1, -0.05) is 13.3 Å². The molecule has 0 bridgehead atoms. The fraction of sp³-hybridized carbons (Fsp3) is 0.889. The van der Waals surface area contributed by atoms with Crippen LogP contribution in [0.1, 0.15) is 32.6 Å². The molecule has 0 aromatic rings. The monoisotopic (exact) mass is 172 g/mol. The quantitative estimate of drug-likeness (QED) is 0.704. The van der Waals surface area contributed by atoms with Crippen LogP contribution >= 0.6 is 0 Å². The van der Waals surface area contributed by atoms with Gasteiger partial charge in [0.2, 0.25) is 0 Å². The summed E-state index contributed by atoms with van der Waals surface area (Å²) < 4.78 is 5.44. The highest BCUT2D eigenvalue weighted by atomic mass is 16.5. The highest BCUT2D eigenvalue weighted by Gasteiger charge is 2.26. The molecule has 0 amide bonds. The summed E-state index contributed by atoms with van der Waals surface area (Å²) in [7, 11) is 0. The van der Waals surface area contributed by atoms with E-state index in [9.17, 15) is 4.79 Å². The Kier molecular flexibility index (Phi) is 3.53. The van der Waals surface area contributed by atoms with Crippen molar-refractivity contribution in [3.63, 3.8) is 0 Å². The maximum absolute atomic E-state index is 10.6. The number of carbonyl (C=O) groups is 1. The van der Waals surface area contributed by atoms with E-state index in [2.05, 4.69) is 6.92 Å². The lowest BCUT2D eigenvalue weighted by Gasteiger charge is -2.26. The summed E-state index contributed by atoms with van der Waals surface area (Å²) >= 11 is 0. The Hall–Kier alpha value is -0.570. The van der Waals surface area contributed by atoms with Crippen LogP contribution in [0, 0.1) is 5.92 Å². The predicted octanol–water partition coefficient (Wildman–Crippen LogP) is 1.67. The van der Waals surface area contributed by atoms with Crippen molar-refractivity contribution in [2.45, 2.75) is 38.7 Å². The van der Waals surface area contributed by atoms with Gasteiger partial charge in [0.25, 0.3) is 0 Å². The van der Waals surface area contributed by atoms with Crippen molar-refractivity contribution in [1.82, 2.24) is 0 Å². The Bertz CT molecular complexity index is 154. The van der Waals surface area contributed by atoms with Crippen molar-refractivity contribution in [1.29, 1.82) is 0 Å². The minimum Gasteiger partial charge on any atom is -0.481 e. The van der Waals surface area contributed by atoms with Crippen molar-refractivity contribution in [2.24, 2.45) is 5.92 Å². The van der Waals surface area contributed by atoms with Gasteiger partial charge in [0.15, 0.2) is 0 Å². The average Bonchev–Trinajstić information content (AvgIpc) is 2.05. The van der Waals surface area contributed by atoms with E-state index in [1.807, 2.05) is 0 Å². The Labute approximate surface area is 72.7 Å². The number of carboxylic acids is 1. The Morgan fingerprint density at radius 1 is 1.67 bits per heavy atom. The van der Waals surface area contributed by atoms with Crippen LogP contribution < -0.4 is 0 Å². The maximum atomic E-state index is 10.6. The number of hydrogen-bond acceptors (Lipinski definition) is 2. The lowest BCUT2D eigenvalue weighted by atomic mass is 9.94. The van der Waals surface area contributed by atoms with Crippen LogP contribution in [0.5, 0.6) is 0 Å². The Morgan fingerprint density at radius 2 is 2.42 bits per heavy atom. The van der Waals surface area contributed by atoms with Crippen molar-refractivity contribution in [3.8, 4) is 0 Å². The molecular weight excluding hydrogens is 156 g/mol. The molecule has 0 aliphatic carbocycles. The largest absolute Gasteiger partial charge is 0.481 e. The molecule has 12 heavy (non-hydrogen) atoms. The molecule has 1 rings (SSSR count). The number of ether oxygens (including phenoxy) is 1. The fourth-order valence-corrected chi connectivity index (χ4v) is 1.63. The molecule has 3 heteroatoms. The zero-order valence-electron chi connectivity index (χ0n) is 7.45. The zero-order valence-corrected chi connectivity index (χ0v) is 7.45. The number of hydrogen-bond donors (Lipinski definition) is 1. The standard InChI is InChI=1S/C9H16O3/c1-2-3-8-6-7(9(10)11)4-5-12-8/h7-8H,2-6H2,1H3,(H,10,11). The van der Waals surface area contributed by atoms with Gasteiger partial charge in [0, 0.05) is 6.61 Å². The highest BCUT2D eigenvalue weighted by molar-refractivity contribution is 5.70. The van der Waals surface area contributed by atoms with Crippen molar-refractivity contribution in [2.75, 3.05) is 6.61 Å². The van der Waals surface area contributed by atoms with E-state index < -0.39 is 5.97 Å². The summed E-state index contributed by atoms with van der Waals surface area (Å²) in [5.41, 5.74) is 0. The third-order valence-corrected chi connectivity index (χ3v) is 2.33. The molecule has 0 radical (unpaired) electrons. The van der Waals surface area contributed by atoms with E-state index in [-0.39, 0.29) is 12.0 Å². The van der Waals surface area contributed by atoms with Crippen molar-refractivity contribution < 1.29 is 14.6 Å². The van der Waals surface area contributed by atoms with Gasteiger partial charge in [-0.05, 0) is 19.3 Å². The third-order valence-electron chi connectivity index (χ3n) is 2.33. The van der Waals surface area contributed by atoms with Gasteiger partial charge in [0.1, 0.15) is 0 Å². The number of rotatable bonds is 3. The minimum atomic E-state index is -0.667. The molecule has 1 fully saturated rings. The normalized spacial score (nSPS) is 30.1. The molecule has 0 aromatic heterocycles. The van der Waals surface area contributed by atoms with E-state index in [4.69, 9.17) is 9.84 Å². The van der Waals surface area contributed by atoms with Crippen LogP contribution in [0.25, 0.3) is 0 Å². The van der Waals surface area contributed by atoms with Gasteiger partial charge in [-0.15, -0.1) is 0 Å². The summed E-state index contributed by atoms with van der Waals surface area (Å²) in [4.78, 5) is 10.6. The van der Waals surface area contributed by atoms with E-state index >= 15 is 0 Å². The lowest BCUT2D eigenvalue weighted by molar-refractivity contribution is -0.147. The molecule has 3 nitrogen and oxygen atoms in total. The predicted molar refractivity (Wildman–Crippen MR) is 45.0 cm³/mol. The zero-order chi connectivity index (χ0) is 8.97. The molecule has 2 atom stereocenters. The molecular formula is C9H16O3. The summed E-state index contributed by atoms with van der Waals surface area (Å²) in [5.74, 6) is -0.838. The molecule has 70 valence electrons. The van der Waals surface area contributed by atoms with Crippen LogP contribution in [0.4, 0.5) is 0 Å². The van der Waals surface area contributed by atoms with Crippen LogP contribution in [-0.4, -0.2) is 23.8 Å². The molecule has 1 aliphatic rings. The van der Waals surface area contributed by atoms with Gasteiger partial charge >= 0.3 is 5.97 Å². The van der Waals surface area contributed by atoms with E-state index in [0.29, 0.717) is 19.4 Å². The second-order valence-electron chi connectivity index (χ2n) is 3.34. The van der Waals surface area contributed by atoms with Gasteiger partial charge < -0.3 is 9.84 Å². The van der Waals surface area contributed by atoms with Crippen LogP contribution in [-0.2, 0) is 9.53 Å². The van der Waals surface area contributed by atoms with Gasteiger partial charge in [-0.2, -0.15) is 0 Å². The van der Waals surface area contributed by atoms with E-state index in [1.54, 1.807) is 0 Å². The fourth-order valence-electron chi connectivity index (χ4n) is 1.63. The van der Waals surface area contributed by atoms with Crippen molar-refractivity contribution >= 4 is 5.97 Å². The smallest absolute Gasteiger partial charge is 0.306 e. The summed E-state index contributed by atoms with van der Waals surface area (Å²) in [5, 5.41) is 8.77.